The third-order valence-corrected chi connectivity index (χ3v) is 3.98. The summed E-state index contributed by atoms with van der Waals surface area (Å²) in [4.78, 5) is 4.47. The Morgan fingerprint density at radius 1 is 1.44 bits per heavy atom. The molecule has 0 aromatic carbocycles. The fourth-order valence-corrected chi connectivity index (χ4v) is 2.98. The van der Waals surface area contributed by atoms with E-state index in [0.717, 1.165) is 12.2 Å². The Morgan fingerprint density at radius 3 is 2.78 bits per heavy atom. The summed E-state index contributed by atoms with van der Waals surface area (Å²) in [6.45, 7) is 6.47. The number of nitrogens with zero attached hydrogens (tertiary/aromatic N) is 2. The van der Waals surface area contributed by atoms with Gasteiger partial charge in [0.05, 0.1) is 6.04 Å². The zero-order valence-corrected chi connectivity index (χ0v) is 12.0. The molecule has 2 aromatic heterocycles. The molecule has 0 aliphatic rings. The van der Waals surface area contributed by atoms with Crippen molar-refractivity contribution in [2.75, 3.05) is 0 Å². The zero-order valence-electron chi connectivity index (χ0n) is 11.2. The van der Waals surface area contributed by atoms with E-state index in [9.17, 15) is 0 Å². The van der Waals surface area contributed by atoms with Crippen LogP contribution >= 0.6 is 11.3 Å². The Balaban J connectivity index is 2.43. The van der Waals surface area contributed by atoms with Crippen LogP contribution in [0.25, 0.3) is 0 Å². The van der Waals surface area contributed by atoms with E-state index >= 15 is 0 Å². The van der Waals surface area contributed by atoms with Gasteiger partial charge in [0.15, 0.2) is 0 Å². The van der Waals surface area contributed by atoms with Crippen LogP contribution in [0.3, 0.4) is 0 Å². The normalized spacial score (nSPS) is 14.9. The van der Waals surface area contributed by atoms with Crippen LogP contribution in [0.2, 0.25) is 0 Å². The number of aromatic nitrogens is 2. The van der Waals surface area contributed by atoms with Crippen LogP contribution in [-0.4, -0.2) is 15.6 Å². The first kappa shape index (κ1) is 13.3. The molecule has 0 spiro atoms. The van der Waals surface area contributed by atoms with Gasteiger partial charge in [0.1, 0.15) is 5.82 Å². The quantitative estimate of drug-likeness (QED) is 0.898. The summed E-state index contributed by atoms with van der Waals surface area (Å²) >= 11 is 1.72. The van der Waals surface area contributed by atoms with Gasteiger partial charge in [-0.2, -0.15) is 11.3 Å². The van der Waals surface area contributed by atoms with Gasteiger partial charge in [-0.3, -0.25) is 0 Å². The number of thiophene rings is 1. The highest BCUT2D eigenvalue weighted by atomic mass is 32.1. The first-order valence-corrected chi connectivity index (χ1v) is 7.39. The van der Waals surface area contributed by atoms with Crippen molar-refractivity contribution in [2.24, 2.45) is 5.73 Å². The van der Waals surface area contributed by atoms with Crippen molar-refractivity contribution >= 4 is 11.3 Å². The van der Waals surface area contributed by atoms with E-state index in [0.29, 0.717) is 5.92 Å². The highest BCUT2D eigenvalue weighted by molar-refractivity contribution is 7.07. The predicted molar refractivity (Wildman–Crippen MR) is 77.0 cm³/mol. The van der Waals surface area contributed by atoms with E-state index in [1.165, 1.54) is 5.56 Å². The van der Waals surface area contributed by atoms with Crippen LogP contribution in [-0.2, 0) is 0 Å². The molecule has 2 rings (SSSR count). The molecule has 2 N–H and O–H groups in total. The average Bonchev–Trinajstić information content (AvgIpc) is 2.99. The van der Waals surface area contributed by atoms with Crippen LogP contribution in [0.4, 0.5) is 0 Å². The Kier molecular flexibility index (Phi) is 4.19. The predicted octanol–water partition coefficient (Wildman–Crippen LogP) is 3.39. The minimum atomic E-state index is 0.117. The van der Waals surface area contributed by atoms with Crippen LogP contribution in [0, 0.1) is 0 Å². The molecule has 0 saturated heterocycles. The second kappa shape index (κ2) is 5.67. The molecule has 2 atom stereocenters. The van der Waals surface area contributed by atoms with Crippen molar-refractivity contribution < 1.29 is 0 Å². The fraction of sp³-hybridized carbons (Fsp3) is 0.500. The summed E-state index contributed by atoms with van der Waals surface area (Å²) in [7, 11) is 0. The molecule has 4 heteroatoms. The summed E-state index contributed by atoms with van der Waals surface area (Å²) in [6.07, 6.45) is 4.88. The highest BCUT2D eigenvalue weighted by Gasteiger charge is 2.23. The van der Waals surface area contributed by atoms with Gasteiger partial charge in [-0.25, -0.2) is 4.98 Å². The zero-order chi connectivity index (χ0) is 13.1. The monoisotopic (exact) mass is 263 g/mol. The molecule has 0 aliphatic carbocycles. The third kappa shape index (κ3) is 2.49. The maximum absolute atomic E-state index is 6.32. The summed E-state index contributed by atoms with van der Waals surface area (Å²) in [5.74, 6) is 1.51. The van der Waals surface area contributed by atoms with E-state index in [4.69, 9.17) is 5.73 Å². The Bertz CT molecular complexity index is 473. The minimum Gasteiger partial charge on any atom is -0.326 e. The summed E-state index contributed by atoms with van der Waals surface area (Å²) in [5, 5.41) is 4.29. The SMILES string of the molecule is CCC(N)C(c1ccsc1)n1ccnc1C(C)C. The van der Waals surface area contributed by atoms with Crippen LogP contribution in [0.5, 0.6) is 0 Å². The number of rotatable bonds is 5. The number of hydrogen-bond donors (Lipinski definition) is 1. The standard InChI is InChI=1S/C14H21N3S/c1-4-12(15)13(11-5-8-18-9-11)17-7-6-16-14(17)10(2)3/h5-10,12-13H,4,15H2,1-3H3. The topological polar surface area (TPSA) is 43.8 Å². The van der Waals surface area contributed by atoms with Gasteiger partial charge in [-0.05, 0) is 28.8 Å². The minimum absolute atomic E-state index is 0.117. The van der Waals surface area contributed by atoms with Crippen molar-refractivity contribution in [3.05, 3.63) is 40.6 Å². The second-order valence-electron chi connectivity index (χ2n) is 4.92. The van der Waals surface area contributed by atoms with E-state index in [1.807, 2.05) is 12.4 Å². The molecule has 0 aliphatic heterocycles. The summed E-state index contributed by atoms with van der Waals surface area (Å²) in [5.41, 5.74) is 7.61. The second-order valence-corrected chi connectivity index (χ2v) is 5.70. The molecule has 0 bridgehead atoms. The Hall–Kier alpha value is -1.13. The average molecular weight is 263 g/mol. The van der Waals surface area contributed by atoms with Gasteiger partial charge < -0.3 is 10.3 Å². The maximum atomic E-state index is 6.32. The lowest BCUT2D eigenvalue weighted by Gasteiger charge is -2.26. The van der Waals surface area contributed by atoms with Crippen LogP contribution in [0.1, 0.15) is 50.5 Å². The summed E-state index contributed by atoms with van der Waals surface area (Å²) in [6, 6.07) is 2.47. The number of nitrogens with two attached hydrogens (primary N) is 1. The first-order valence-electron chi connectivity index (χ1n) is 6.45. The molecule has 0 radical (unpaired) electrons. The lowest BCUT2D eigenvalue weighted by Crippen LogP contribution is -2.33. The lowest BCUT2D eigenvalue weighted by molar-refractivity contribution is 0.441. The van der Waals surface area contributed by atoms with Crippen LogP contribution < -0.4 is 5.73 Å². The molecule has 98 valence electrons. The van der Waals surface area contributed by atoms with Gasteiger partial charge in [-0.15, -0.1) is 0 Å². The number of hydrogen-bond acceptors (Lipinski definition) is 3. The van der Waals surface area contributed by atoms with Crippen molar-refractivity contribution in [2.45, 2.75) is 45.2 Å². The molecule has 2 aromatic rings. The number of imidazole rings is 1. The third-order valence-electron chi connectivity index (χ3n) is 3.28. The molecule has 2 heterocycles. The van der Waals surface area contributed by atoms with Crippen molar-refractivity contribution in [1.29, 1.82) is 0 Å². The molecule has 0 fully saturated rings. The van der Waals surface area contributed by atoms with Crippen molar-refractivity contribution in [1.82, 2.24) is 9.55 Å². The van der Waals surface area contributed by atoms with Gasteiger partial charge in [-0.1, -0.05) is 20.8 Å². The van der Waals surface area contributed by atoms with Gasteiger partial charge in [0.25, 0.3) is 0 Å². The largest absolute Gasteiger partial charge is 0.326 e. The lowest BCUT2D eigenvalue weighted by atomic mass is 9.99. The maximum Gasteiger partial charge on any atom is 0.111 e. The summed E-state index contributed by atoms with van der Waals surface area (Å²) < 4.78 is 2.24. The van der Waals surface area contributed by atoms with Gasteiger partial charge in [0, 0.05) is 24.4 Å². The molecular weight excluding hydrogens is 242 g/mol. The van der Waals surface area contributed by atoms with Gasteiger partial charge in [0.2, 0.25) is 0 Å². The Labute approximate surface area is 113 Å². The molecule has 0 saturated carbocycles. The van der Waals surface area contributed by atoms with Gasteiger partial charge >= 0.3 is 0 Å². The van der Waals surface area contributed by atoms with E-state index in [-0.39, 0.29) is 12.1 Å². The molecule has 3 nitrogen and oxygen atoms in total. The van der Waals surface area contributed by atoms with E-state index in [2.05, 4.69) is 47.1 Å². The molecular formula is C14H21N3S. The van der Waals surface area contributed by atoms with Crippen LogP contribution in [0.15, 0.2) is 29.2 Å². The van der Waals surface area contributed by atoms with E-state index < -0.39 is 0 Å². The fourth-order valence-electron chi connectivity index (χ4n) is 2.29. The molecule has 0 amide bonds. The highest BCUT2D eigenvalue weighted by Crippen LogP contribution is 2.28. The van der Waals surface area contributed by atoms with E-state index in [1.54, 1.807) is 11.3 Å². The molecule has 18 heavy (non-hydrogen) atoms. The van der Waals surface area contributed by atoms with Crippen molar-refractivity contribution in [3.8, 4) is 0 Å². The van der Waals surface area contributed by atoms with Crippen molar-refractivity contribution in [3.63, 3.8) is 0 Å². The first-order chi connectivity index (χ1) is 8.65. The smallest absolute Gasteiger partial charge is 0.111 e. The Morgan fingerprint density at radius 2 is 2.22 bits per heavy atom. The molecule has 2 unspecified atom stereocenters.